The lowest BCUT2D eigenvalue weighted by Crippen LogP contribution is -2.58. The highest BCUT2D eigenvalue weighted by Crippen LogP contribution is 2.08. The Hall–Kier alpha value is -5.04. The summed E-state index contributed by atoms with van der Waals surface area (Å²) in [6.07, 6.45) is 2.52. The minimum Gasteiger partial charge on any atom is -0.480 e. The average molecular weight is 564 g/mol. The van der Waals surface area contributed by atoms with Gasteiger partial charge in [0.15, 0.2) is 0 Å². The molecule has 3 rings (SSSR count). The largest absolute Gasteiger partial charge is 0.480 e. The summed E-state index contributed by atoms with van der Waals surface area (Å²) >= 11 is 0. The number of imidazole rings is 1. The van der Waals surface area contributed by atoms with Gasteiger partial charge in [0.2, 0.25) is 23.6 Å². The molecule has 0 radical (unpaired) electrons. The van der Waals surface area contributed by atoms with Gasteiger partial charge in [-0.25, -0.2) is 9.78 Å². The topological polar surface area (TPSA) is 222 Å². The maximum Gasteiger partial charge on any atom is 0.326 e. The number of nitrogens with one attached hydrogen (secondary N) is 4. The van der Waals surface area contributed by atoms with E-state index in [0.29, 0.717) is 11.3 Å². The van der Waals surface area contributed by atoms with E-state index in [1.54, 1.807) is 30.3 Å². The molecule has 9 N–H and O–H groups in total. The number of carbonyl (C=O) groups excluding carboxylic acids is 4. The van der Waals surface area contributed by atoms with E-state index < -0.39 is 60.2 Å². The fourth-order valence-electron chi connectivity index (χ4n) is 4.07. The number of carboxylic acids is 1. The number of aromatic nitrogens is 2. The molecule has 216 valence electrons. The zero-order chi connectivity index (χ0) is 29.8. The third-order valence-electron chi connectivity index (χ3n) is 6.18. The van der Waals surface area contributed by atoms with Crippen molar-refractivity contribution in [2.45, 2.75) is 49.9 Å². The first kappa shape index (κ1) is 30.5. The molecule has 4 atom stereocenters. The van der Waals surface area contributed by atoms with E-state index in [1.807, 2.05) is 30.3 Å². The number of nitrogens with two attached hydrogens (primary N) is 2. The summed E-state index contributed by atoms with van der Waals surface area (Å²) in [5.41, 5.74) is 13.3. The molecule has 41 heavy (non-hydrogen) atoms. The molecule has 13 nitrogen and oxygen atoms in total. The van der Waals surface area contributed by atoms with E-state index in [0.717, 1.165) is 5.56 Å². The lowest BCUT2D eigenvalue weighted by molar-refractivity contribution is -0.143. The Morgan fingerprint density at radius 1 is 0.756 bits per heavy atom. The first-order valence-corrected chi connectivity index (χ1v) is 12.8. The van der Waals surface area contributed by atoms with Gasteiger partial charge in [-0.15, -0.1) is 0 Å². The van der Waals surface area contributed by atoms with Crippen LogP contribution in [0, 0.1) is 0 Å². The van der Waals surface area contributed by atoms with Crippen LogP contribution in [0.3, 0.4) is 0 Å². The van der Waals surface area contributed by atoms with Crippen LogP contribution in [0.5, 0.6) is 0 Å². The summed E-state index contributed by atoms with van der Waals surface area (Å²) in [6, 6.07) is 12.9. The van der Waals surface area contributed by atoms with Crippen LogP contribution in [-0.2, 0) is 43.2 Å². The Morgan fingerprint density at radius 2 is 1.27 bits per heavy atom. The smallest absolute Gasteiger partial charge is 0.326 e. The van der Waals surface area contributed by atoms with Crippen LogP contribution in [0.2, 0.25) is 0 Å². The second-order valence-corrected chi connectivity index (χ2v) is 9.46. The van der Waals surface area contributed by atoms with Gasteiger partial charge in [0.1, 0.15) is 18.1 Å². The molecule has 2 aromatic carbocycles. The molecule has 0 saturated carbocycles. The number of hydrogen-bond donors (Lipinski definition) is 7. The molecule has 0 fully saturated rings. The molecule has 0 bridgehead atoms. The van der Waals surface area contributed by atoms with E-state index in [1.165, 1.54) is 12.5 Å². The standard InChI is InChI=1S/C28H33N7O6/c29-20(11-17-7-3-1-4-8-17)25(37)33-22(13-19-15-31-16-32-19)27(39)34-21(12-18-9-5-2-6-10-18)26(38)35-23(28(40)41)14-24(30)36/h1-10,15-16,20-23H,11-14,29H2,(H2,30,36)(H,31,32)(H,33,37)(H,34,39)(H,35,38)(H,40,41). The van der Waals surface area contributed by atoms with Gasteiger partial charge in [0.25, 0.3) is 0 Å². The van der Waals surface area contributed by atoms with Gasteiger partial charge in [-0.05, 0) is 17.5 Å². The highest BCUT2D eigenvalue weighted by atomic mass is 16.4. The number of carboxylic acid groups (broad SMARTS) is 1. The van der Waals surface area contributed by atoms with E-state index in [9.17, 15) is 29.1 Å². The molecular formula is C28H33N7O6. The predicted octanol–water partition coefficient (Wildman–Crippen LogP) is -0.821. The van der Waals surface area contributed by atoms with Crippen LogP contribution < -0.4 is 27.4 Å². The number of aromatic amines is 1. The number of H-pyrrole nitrogens is 1. The van der Waals surface area contributed by atoms with Crippen molar-refractivity contribution in [3.05, 3.63) is 90.0 Å². The predicted molar refractivity (Wildman–Crippen MR) is 148 cm³/mol. The van der Waals surface area contributed by atoms with E-state index in [2.05, 4.69) is 25.9 Å². The summed E-state index contributed by atoms with van der Waals surface area (Å²) in [4.78, 5) is 69.4. The Balaban J connectivity index is 1.80. The molecule has 13 heteroatoms. The molecule has 1 aromatic heterocycles. The summed E-state index contributed by atoms with van der Waals surface area (Å²) in [7, 11) is 0. The van der Waals surface area contributed by atoms with E-state index in [-0.39, 0.29) is 19.3 Å². The number of primary amides is 1. The molecule has 0 aliphatic carbocycles. The molecule has 0 aliphatic heterocycles. The van der Waals surface area contributed by atoms with Gasteiger partial charge in [0, 0.05) is 24.7 Å². The summed E-state index contributed by atoms with van der Waals surface area (Å²) < 4.78 is 0. The number of aliphatic carboxylic acids is 1. The van der Waals surface area contributed by atoms with Crippen LogP contribution in [0.1, 0.15) is 23.2 Å². The quantitative estimate of drug-likeness (QED) is 0.123. The third kappa shape index (κ3) is 9.89. The van der Waals surface area contributed by atoms with Crippen molar-refractivity contribution in [2.24, 2.45) is 11.5 Å². The zero-order valence-electron chi connectivity index (χ0n) is 22.2. The Labute approximate surface area is 236 Å². The molecule has 4 unspecified atom stereocenters. The first-order valence-electron chi connectivity index (χ1n) is 12.8. The van der Waals surface area contributed by atoms with Gasteiger partial charge in [-0.1, -0.05) is 60.7 Å². The number of nitrogens with zero attached hydrogens (tertiary/aromatic N) is 1. The van der Waals surface area contributed by atoms with Gasteiger partial charge in [-0.2, -0.15) is 0 Å². The van der Waals surface area contributed by atoms with E-state index in [4.69, 9.17) is 11.5 Å². The summed E-state index contributed by atoms with van der Waals surface area (Å²) in [5, 5.41) is 17.0. The zero-order valence-corrected chi connectivity index (χ0v) is 22.2. The fraction of sp³-hybridized carbons (Fsp3) is 0.286. The molecule has 3 aromatic rings. The Morgan fingerprint density at radius 3 is 1.78 bits per heavy atom. The van der Waals surface area contributed by atoms with Crippen molar-refractivity contribution in [2.75, 3.05) is 0 Å². The molecule has 0 aliphatic rings. The molecule has 1 heterocycles. The molecular weight excluding hydrogens is 530 g/mol. The van der Waals surface area contributed by atoms with Crippen molar-refractivity contribution in [1.82, 2.24) is 25.9 Å². The number of rotatable bonds is 15. The molecule has 4 amide bonds. The highest BCUT2D eigenvalue weighted by molar-refractivity contribution is 5.95. The lowest BCUT2D eigenvalue weighted by Gasteiger charge is -2.25. The monoisotopic (exact) mass is 563 g/mol. The fourth-order valence-corrected chi connectivity index (χ4v) is 4.07. The van der Waals surface area contributed by atoms with Crippen molar-refractivity contribution in [3.8, 4) is 0 Å². The second kappa shape index (κ2) is 14.9. The van der Waals surface area contributed by atoms with Crippen molar-refractivity contribution >= 4 is 29.6 Å². The Bertz CT molecular complexity index is 1320. The number of benzene rings is 2. The van der Waals surface area contributed by atoms with Crippen LogP contribution in [-0.4, -0.2) is 68.8 Å². The number of hydrogen-bond acceptors (Lipinski definition) is 7. The second-order valence-electron chi connectivity index (χ2n) is 9.46. The van der Waals surface area contributed by atoms with E-state index >= 15 is 0 Å². The third-order valence-corrected chi connectivity index (χ3v) is 6.18. The maximum atomic E-state index is 13.5. The molecule has 0 spiro atoms. The van der Waals surface area contributed by atoms with Gasteiger partial charge >= 0.3 is 5.97 Å². The van der Waals surface area contributed by atoms with Gasteiger partial charge in [-0.3, -0.25) is 19.2 Å². The highest BCUT2D eigenvalue weighted by Gasteiger charge is 2.31. The first-order chi connectivity index (χ1) is 19.6. The van der Waals surface area contributed by atoms with Crippen LogP contribution in [0.15, 0.2) is 73.2 Å². The van der Waals surface area contributed by atoms with Crippen molar-refractivity contribution < 1.29 is 29.1 Å². The van der Waals surface area contributed by atoms with Crippen molar-refractivity contribution in [1.29, 1.82) is 0 Å². The van der Waals surface area contributed by atoms with Crippen molar-refractivity contribution in [3.63, 3.8) is 0 Å². The number of amides is 4. The molecule has 0 saturated heterocycles. The Kier molecular flexibility index (Phi) is 11.1. The maximum absolute atomic E-state index is 13.5. The summed E-state index contributed by atoms with van der Waals surface area (Å²) in [6.45, 7) is 0. The number of carbonyl (C=O) groups is 5. The van der Waals surface area contributed by atoms with Crippen LogP contribution in [0.4, 0.5) is 0 Å². The average Bonchev–Trinajstić information content (AvgIpc) is 3.46. The summed E-state index contributed by atoms with van der Waals surface area (Å²) in [5.74, 6) is -4.51. The van der Waals surface area contributed by atoms with Crippen LogP contribution >= 0.6 is 0 Å². The minimum absolute atomic E-state index is 0.000428. The normalized spacial score (nSPS) is 13.7. The minimum atomic E-state index is -1.59. The van der Waals surface area contributed by atoms with Crippen LogP contribution in [0.25, 0.3) is 0 Å². The van der Waals surface area contributed by atoms with Gasteiger partial charge in [0.05, 0.1) is 18.8 Å². The lowest BCUT2D eigenvalue weighted by atomic mass is 10.0. The van der Waals surface area contributed by atoms with Gasteiger partial charge < -0.3 is 37.5 Å². The SMILES string of the molecule is NC(=O)CC(NC(=O)C(Cc1ccccc1)NC(=O)C(Cc1cnc[nH]1)NC(=O)C(N)Cc1ccccc1)C(=O)O.